The number of thiophene rings is 1. The Balaban J connectivity index is 2.21. The minimum absolute atomic E-state index is 0.133. The Kier molecular flexibility index (Phi) is 5.38. The lowest BCUT2D eigenvalue weighted by Crippen LogP contribution is -2.40. The second kappa shape index (κ2) is 7.06. The van der Waals surface area contributed by atoms with Gasteiger partial charge in [-0.05, 0) is 37.2 Å². The van der Waals surface area contributed by atoms with Crippen molar-refractivity contribution >= 4 is 22.2 Å². The standard InChI is InChI=1S/C16H23N3OS/c1-3-10(2)14(18)15(20)19-16-12(9-17)11-7-5-4-6-8-13(11)21-16/h10,14H,3-8,18H2,1-2H3,(H,19,20). The van der Waals surface area contributed by atoms with Crippen LogP contribution in [-0.4, -0.2) is 11.9 Å². The molecule has 0 spiro atoms. The average molecular weight is 305 g/mol. The minimum atomic E-state index is -0.525. The van der Waals surface area contributed by atoms with Crippen LogP contribution in [0.3, 0.4) is 0 Å². The summed E-state index contributed by atoms with van der Waals surface area (Å²) in [6.45, 7) is 3.99. The van der Waals surface area contributed by atoms with E-state index >= 15 is 0 Å². The topological polar surface area (TPSA) is 78.9 Å². The maximum absolute atomic E-state index is 12.2. The van der Waals surface area contributed by atoms with Crippen LogP contribution in [0.15, 0.2) is 0 Å². The van der Waals surface area contributed by atoms with Crippen LogP contribution >= 0.6 is 11.3 Å². The van der Waals surface area contributed by atoms with Crippen molar-refractivity contribution in [2.75, 3.05) is 5.32 Å². The molecule has 2 atom stereocenters. The Bertz CT molecular complexity index is 559. The van der Waals surface area contributed by atoms with Crippen molar-refractivity contribution in [3.8, 4) is 6.07 Å². The van der Waals surface area contributed by atoms with E-state index in [1.807, 2.05) is 13.8 Å². The molecule has 1 aromatic rings. The number of rotatable bonds is 4. The highest BCUT2D eigenvalue weighted by Gasteiger charge is 2.24. The molecular weight excluding hydrogens is 282 g/mol. The van der Waals surface area contributed by atoms with E-state index in [1.165, 1.54) is 11.3 Å². The van der Waals surface area contributed by atoms with E-state index in [0.717, 1.165) is 37.7 Å². The first-order valence-corrected chi connectivity index (χ1v) is 8.51. The summed E-state index contributed by atoms with van der Waals surface area (Å²) in [4.78, 5) is 13.5. The summed E-state index contributed by atoms with van der Waals surface area (Å²) in [7, 11) is 0. The molecule has 0 radical (unpaired) electrons. The van der Waals surface area contributed by atoms with E-state index in [4.69, 9.17) is 5.73 Å². The number of anilines is 1. The van der Waals surface area contributed by atoms with Crippen molar-refractivity contribution in [3.05, 3.63) is 16.0 Å². The van der Waals surface area contributed by atoms with E-state index in [-0.39, 0.29) is 11.8 Å². The molecule has 114 valence electrons. The van der Waals surface area contributed by atoms with Crippen molar-refractivity contribution in [2.24, 2.45) is 11.7 Å². The predicted octanol–water partition coefficient (Wildman–Crippen LogP) is 3.20. The van der Waals surface area contributed by atoms with Gasteiger partial charge in [0.2, 0.25) is 5.91 Å². The smallest absolute Gasteiger partial charge is 0.242 e. The monoisotopic (exact) mass is 305 g/mol. The Morgan fingerprint density at radius 3 is 2.81 bits per heavy atom. The number of nitrogens with two attached hydrogens (primary N) is 1. The molecule has 0 aliphatic heterocycles. The van der Waals surface area contributed by atoms with Gasteiger partial charge in [-0.15, -0.1) is 11.3 Å². The lowest BCUT2D eigenvalue weighted by Gasteiger charge is -2.17. The molecular formula is C16H23N3OS. The molecule has 0 bridgehead atoms. The summed E-state index contributed by atoms with van der Waals surface area (Å²) in [6, 6.07) is 1.75. The zero-order valence-corrected chi connectivity index (χ0v) is 13.6. The molecule has 5 heteroatoms. The number of nitriles is 1. The van der Waals surface area contributed by atoms with Crippen molar-refractivity contribution < 1.29 is 4.79 Å². The minimum Gasteiger partial charge on any atom is -0.320 e. The van der Waals surface area contributed by atoms with Gasteiger partial charge in [-0.25, -0.2) is 0 Å². The van der Waals surface area contributed by atoms with E-state index < -0.39 is 6.04 Å². The van der Waals surface area contributed by atoms with Crippen LogP contribution < -0.4 is 11.1 Å². The maximum Gasteiger partial charge on any atom is 0.242 e. The zero-order valence-electron chi connectivity index (χ0n) is 12.7. The van der Waals surface area contributed by atoms with Crippen LogP contribution in [0.1, 0.15) is 55.5 Å². The predicted molar refractivity (Wildman–Crippen MR) is 86.4 cm³/mol. The van der Waals surface area contributed by atoms with Crippen molar-refractivity contribution in [1.82, 2.24) is 0 Å². The van der Waals surface area contributed by atoms with Crippen LogP contribution in [0, 0.1) is 17.2 Å². The van der Waals surface area contributed by atoms with E-state index in [2.05, 4.69) is 11.4 Å². The third-order valence-electron chi connectivity index (χ3n) is 4.33. The van der Waals surface area contributed by atoms with Gasteiger partial charge < -0.3 is 11.1 Å². The van der Waals surface area contributed by atoms with Crippen LogP contribution in [0.5, 0.6) is 0 Å². The number of nitrogens with zero attached hydrogens (tertiary/aromatic N) is 1. The number of nitrogens with one attached hydrogen (secondary N) is 1. The summed E-state index contributed by atoms with van der Waals surface area (Å²) in [5.74, 6) is -0.0504. The summed E-state index contributed by atoms with van der Waals surface area (Å²) in [5, 5.41) is 13.0. The molecule has 2 unspecified atom stereocenters. The fourth-order valence-corrected chi connectivity index (χ4v) is 3.90. The maximum atomic E-state index is 12.2. The Labute approximate surface area is 130 Å². The molecule has 0 saturated carbocycles. The highest BCUT2D eigenvalue weighted by Crippen LogP contribution is 2.37. The van der Waals surface area contributed by atoms with Gasteiger partial charge in [0.15, 0.2) is 0 Å². The Morgan fingerprint density at radius 1 is 1.43 bits per heavy atom. The van der Waals surface area contributed by atoms with E-state index in [0.29, 0.717) is 10.6 Å². The number of hydrogen-bond donors (Lipinski definition) is 2. The number of carbonyl (C=O) groups is 1. The molecule has 1 amide bonds. The van der Waals surface area contributed by atoms with Gasteiger partial charge in [0.25, 0.3) is 0 Å². The summed E-state index contributed by atoms with van der Waals surface area (Å²) in [5.41, 5.74) is 7.77. The second-order valence-corrected chi connectivity index (χ2v) is 6.89. The zero-order chi connectivity index (χ0) is 15.4. The molecule has 4 nitrogen and oxygen atoms in total. The third-order valence-corrected chi connectivity index (χ3v) is 5.54. The molecule has 21 heavy (non-hydrogen) atoms. The van der Waals surface area contributed by atoms with Gasteiger partial charge in [-0.2, -0.15) is 5.26 Å². The fourth-order valence-electron chi connectivity index (χ4n) is 2.66. The van der Waals surface area contributed by atoms with Gasteiger partial charge in [0, 0.05) is 4.88 Å². The second-order valence-electron chi connectivity index (χ2n) is 5.78. The molecule has 1 heterocycles. The molecule has 3 N–H and O–H groups in total. The SMILES string of the molecule is CCC(C)C(N)C(=O)Nc1sc2c(c1C#N)CCCCC2. The largest absolute Gasteiger partial charge is 0.320 e. The summed E-state index contributed by atoms with van der Waals surface area (Å²) in [6.07, 6.45) is 6.33. The van der Waals surface area contributed by atoms with Crippen molar-refractivity contribution in [3.63, 3.8) is 0 Å². The summed E-state index contributed by atoms with van der Waals surface area (Å²) >= 11 is 1.55. The van der Waals surface area contributed by atoms with Crippen LogP contribution in [0.25, 0.3) is 0 Å². The van der Waals surface area contributed by atoms with E-state index in [9.17, 15) is 10.1 Å². The molecule has 1 aliphatic carbocycles. The van der Waals surface area contributed by atoms with Gasteiger partial charge in [0.05, 0.1) is 11.6 Å². The van der Waals surface area contributed by atoms with Gasteiger partial charge in [-0.1, -0.05) is 26.7 Å². The number of aryl methyl sites for hydroxylation is 1. The van der Waals surface area contributed by atoms with Crippen LogP contribution in [0.2, 0.25) is 0 Å². The molecule has 2 rings (SSSR count). The fraction of sp³-hybridized carbons (Fsp3) is 0.625. The summed E-state index contributed by atoms with van der Waals surface area (Å²) < 4.78 is 0. The van der Waals surface area contributed by atoms with Gasteiger partial charge in [0.1, 0.15) is 11.1 Å². The Morgan fingerprint density at radius 2 is 2.14 bits per heavy atom. The molecule has 0 fully saturated rings. The Hall–Kier alpha value is -1.38. The van der Waals surface area contributed by atoms with Gasteiger partial charge >= 0.3 is 0 Å². The normalized spacial score (nSPS) is 17.2. The first-order chi connectivity index (χ1) is 10.1. The highest BCUT2D eigenvalue weighted by molar-refractivity contribution is 7.16. The lowest BCUT2D eigenvalue weighted by atomic mass is 9.99. The molecule has 1 aliphatic rings. The van der Waals surface area contributed by atoms with Crippen molar-refractivity contribution in [2.45, 2.75) is 58.4 Å². The molecule has 0 saturated heterocycles. The quantitative estimate of drug-likeness (QED) is 0.838. The average Bonchev–Trinajstić information content (AvgIpc) is 2.65. The van der Waals surface area contributed by atoms with Crippen LogP contribution in [0.4, 0.5) is 5.00 Å². The third kappa shape index (κ3) is 3.45. The number of hydrogen-bond acceptors (Lipinski definition) is 4. The number of fused-ring (bicyclic) bond motifs is 1. The lowest BCUT2D eigenvalue weighted by molar-refractivity contribution is -0.118. The first kappa shape index (κ1) is 16.0. The number of carbonyl (C=O) groups excluding carboxylic acids is 1. The van der Waals surface area contributed by atoms with E-state index in [1.54, 1.807) is 11.3 Å². The number of amides is 1. The molecule has 1 aromatic heterocycles. The molecule has 0 aromatic carbocycles. The van der Waals surface area contributed by atoms with Gasteiger partial charge in [-0.3, -0.25) is 4.79 Å². The van der Waals surface area contributed by atoms with Crippen molar-refractivity contribution in [1.29, 1.82) is 5.26 Å². The first-order valence-electron chi connectivity index (χ1n) is 7.69. The van der Waals surface area contributed by atoms with Crippen LogP contribution in [-0.2, 0) is 17.6 Å². The highest BCUT2D eigenvalue weighted by atomic mass is 32.1.